The number of allylic oxidation sites excluding steroid dienone is 1. The maximum Gasteiger partial charge on any atom is 0.338 e. The number of aromatic nitrogens is 1. The number of hydrogen-bond donors (Lipinski definition) is 3. The van der Waals surface area contributed by atoms with E-state index in [2.05, 4.69) is 25.7 Å². The van der Waals surface area contributed by atoms with Crippen molar-refractivity contribution in [1.82, 2.24) is 20.6 Å². The Kier molecular flexibility index (Phi) is 10.9. The van der Waals surface area contributed by atoms with Gasteiger partial charge in [0.25, 0.3) is 5.91 Å². The lowest BCUT2D eigenvalue weighted by molar-refractivity contribution is -0.139. The van der Waals surface area contributed by atoms with Crippen LogP contribution in [0.4, 0.5) is 4.39 Å². The Balaban J connectivity index is 1.20. The summed E-state index contributed by atoms with van der Waals surface area (Å²) in [6, 6.07) is 22.4. The van der Waals surface area contributed by atoms with Crippen LogP contribution in [0, 0.1) is 19.7 Å². The maximum atomic E-state index is 13.5. The van der Waals surface area contributed by atoms with Gasteiger partial charge in [0.15, 0.2) is 11.7 Å². The number of rotatable bonds is 12. The van der Waals surface area contributed by atoms with Gasteiger partial charge < -0.3 is 29.4 Å². The predicted molar refractivity (Wildman–Crippen MR) is 185 cm³/mol. The number of halogens is 1. The lowest BCUT2D eigenvalue weighted by Crippen LogP contribution is -2.45. The highest BCUT2D eigenvalue weighted by Gasteiger charge is 2.32. The molecule has 1 atom stereocenters. The quantitative estimate of drug-likeness (QED) is 0.0763. The number of nitrogens with zero attached hydrogens (tertiary/aromatic N) is 2. The Morgan fingerprint density at radius 1 is 1.02 bits per heavy atom. The van der Waals surface area contributed by atoms with Crippen molar-refractivity contribution in [3.05, 3.63) is 124 Å². The van der Waals surface area contributed by atoms with Gasteiger partial charge in [-0.05, 0) is 94.0 Å². The van der Waals surface area contributed by atoms with E-state index < -0.39 is 17.9 Å². The van der Waals surface area contributed by atoms with Gasteiger partial charge in [0.05, 0.1) is 24.4 Å². The van der Waals surface area contributed by atoms with E-state index in [1.165, 1.54) is 12.1 Å². The smallest absolute Gasteiger partial charge is 0.338 e. The van der Waals surface area contributed by atoms with Gasteiger partial charge in [-0.1, -0.05) is 30.3 Å². The van der Waals surface area contributed by atoms with Gasteiger partial charge in [0.1, 0.15) is 23.9 Å². The molecule has 48 heavy (non-hydrogen) atoms. The van der Waals surface area contributed by atoms with Crippen molar-refractivity contribution >= 4 is 35.4 Å². The molecule has 0 bridgehead atoms. The fourth-order valence-electron chi connectivity index (χ4n) is 5.41. The van der Waals surface area contributed by atoms with Crippen LogP contribution in [-0.4, -0.2) is 41.0 Å². The SMILES string of the molecule is CCOC(=O)C1=C(C)NC(=S)N[C@H]1c1ccccc1OCC(=O)NN=Cc1cc(C)n(-c2ccc(OCc3cccc(F)c3)cc2)c1C. The molecule has 1 aliphatic rings. The van der Waals surface area contributed by atoms with Crippen LogP contribution in [0.15, 0.2) is 95.2 Å². The number of carbonyl (C=O) groups is 2. The van der Waals surface area contributed by atoms with Gasteiger partial charge in [0.2, 0.25) is 0 Å². The van der Waals surface area contributed by atoms with Gasteiger partial charge in [-0.2, -0.15) is 5.10 Å². The van der Waals surface area contributed by atoms with E-state index in [4.69, 9.17) is 26.4 Å². The van der Waals surface area contributed by atoms with Gasteiger partial charge >= 0.3 is 5.97 Å². The third-order valence-corrected chi connectivity index (χ3v) is 7.83. The normalized spacial score (nSPS) is 14.4. The van der Waals surface area contributed by atoms with Gasteiger partial charge in [-0.15, -0.1) is 0 Å². The predicted octanol–water partition coefficient (Wildman–Crippen LogP) is 5.70. The minimum Gasteiger partial charge on any atom is -0.489 e. The third-order valence-electron chi connectivity index (χ3n) is 7.61. The molecule has 4 aromatic rings. The van der Waals surface area contributed by atoms with Crippen LogP contribution in [0.2, 0.25) is 0 Å². The van der Waals surface area contributed by atoms with Gasteiger partial charge in [0, 0.05) is 33.9 Å². The second-order valence-corrected chi connectivity index (χ2v) is 11.4. The Hall–Kier alpha value is -5.49. The zero-order chi connectivity index (χ0) is 34.2. The minimum absolute atomic E-state index is 0.221. The molecule has 0 spiro atoms. The molecule has 1 amide bonds. The topological polar surface area (TPSA) is 115 Å². The highest BCUT2D eigenvalue weighted by molar-refractivity contribution is 7.80. The number of aryl methyl sites for hydroxylation is 1. The number of esters is 1. The Morgan fingerprint density at radius 2 is 1.79 bits per heavy atom. The zero-order valence-corrected chi connectivity index (χ0v) is 27.8. The summed E-state index contributed by atoms with van der Waals surface area (Å²) in [7, 11) is 0. The fourth-order valence-corrected chi connectivity index (χ4v) is 5.68. The number of hydrazone groups is 1. The number of thiocarbonyl (C=S) groups is 1. The van der Waals surface area contributed by atoms with Crippen molar-refractivity contribution in [1.29, 1.82) is 0 Å². The van der Waals surface area contributed by atoms with Crippen LogP contribution in [-0.2, 0) is 20.9 Å². The van der Waals surface area contributed by atoms with E-state index in [1.54, 1.807) is 44.3 Å². The molecule has 5 rings (SSSR count). The number of amides is 1. The average Bonchev–Trinajstić information content (AvgIpc) is 3.34. The highest BCUT2D eigenvalue weighted by Crippen LogP contribution is 2.33. The first-order chi connectivity index (χ1) is 23.1. The molecule has 10 nitrogen and oxygen atoms in total. The molecule has 0 fully saturated rings. The number of para-hydroxylation sites is 1. The second-order valence-electron chi connectivity index (χ2n) is 11.0. The molecule has 1 aromatic heterocycles. The third kappa shape index (κ3) is 8.07. The van der Waals surface area contributed by atoms with Crippen molar-refractivity contribution in [2.24, 2.45) is 5.10 Å². The largest absolute Gasteiger partial charge is 0.489 e. The van der Waals surface area contributed by atoms with Gasteiger partial charge in [-0.25, -0.2) is 14.6 Å². The molecule has 0 radical (unpaired) electrons. The molecule has 0 unspecified atom stereocenters. The molecule has 248 valence electrons. The number of nitrogens with one attached hydrogen (secondary N) is 3. The van der Waals surface area contributed by atoms with E-state index >= 15 is 0 Å². The standard InChI is InChI=1S/C36H36FN5O5S/c1-5-45-35(44)33-23(3)39-36(48)40-34(33)30-11-6-7-12-31(30)47-21-32(43)41-38-19-26-17-22(2)42(24(26)4)28-13-15-29(16-14-28)46-20-25-9-8-10-27(37)18-25/h6-19,34H,5,20-21H2,1-4H3,(H,41,43)(H2,39,40,48)/t34-/m0/s1. The van der Waals surface area contributed by atoms with E-state index in [9.17, 15) is 14.0 Å². The van der Waals surface area contributed by atoms with Crippen molar-refractivity contribution in [3.63, 3.8) is 0 Å². The molecule has 0 saturated heterocycles. The van der Waals surface area contributed by atoms with Crippen LogP contribution in [0.3, 0.4) is 0 Å². The summed E-state index contributed by atoms with van der Waals surface area (Å²) >= 11 is 5.34. The summed E-state index contributed by atoms with van der Waals surface area (Å²) in [6.45, 7) is 7.61. The molecular weight excluding hydrogens is 633 g/mol. The maximum absolute atomic E-state index is 13.5. The number of ether oxygens (including phenoxy) is 3. The van der Waals surface area contributed by atoms with Crippen LogP contribution in [0.1, 0.15) is 48.0 Å². The first kappa shape index (κ1) is 33.9. The summed E-state index contributed by atoms with van der Waals surface area (Å²) in [6.07, 6.45) is 1.58. The second kappa shape index (κ2) is 15.4. The molecule has 12 heteroatoms. The Morgan fingerprint density at radius 3 is 2.54 bits per heavy atom. The number of hydrogen-bond acceptors (Lipinski definition) is 7. The Bertz CT molecular complexity index is 1890. The first-order valence-electron chi connectivity index (χ1n) is 15.3. The number of carbonyl (C=O) groups excluding carboxylic acids is 2. The minimum atomic E-state index is -0.630. The van der Waals surface area contributed by atoms with E-state index in [0.717, 1.165) is 28.2 Å². The monoisotopic (exact) mass is 669 g/mol. The lowest BCUT2D eigenvalue weighted by Gasteiger charge is -2.30. The summed E-state index contributed by atoms with van der Waals surface area (Å²) in [4.78, 5) is 25.5. The van der Waals surface area contributed by atoms with Gasteiger partial charge in [-0.3, -0.25) is 4.79 Å². The van der Waals surface area contributed by atoms with Crippen LogP contribution < -0.4 is 25.5 Å². The van der Waals surface area contributed by atoms with Crippen molar-refractivity contribution in [2.75, 3.05) is 13.2 Å². The van der Waals surface area contributed by atoms with E-state index in [-0.39, 0.29) is 25.6 Å². The molecule has 2 heterocycles. The lowest BCUT2D eigenvalue weighted by atomic mass is 9.95. The number of benzene rings is 3. The fraction of sp³-hybridized carbons (Fsp3) is 0.222. The molecule has 3 aromatic carbocycles. The van der Waals surface area contributed by atoms with Crippen LogP contribution in [0.5, 0.6) is 11.5 Å². The van der Waals surface area contributed by atoms with Crippen molar-refractivity contribution in [3.8, 4) is 17.2 Å². The molecule has 1 aliphatic heterocycles. The summed E-state index contributed by atoms with van der Waals surface area (Å²) in [5, 5.41) is 10.6. The van der Waals surface area contributed by atoms with Crippen molar-refractivity contribution < 1.29 is 28.2 Å². The highest BCUT2D eigenvalue weighted by atomic mass is 32.1. The molecular formula is C36H36FN5O5S. The van der Waals surface area contributed by atoms with Crippen LogP contribution >= 0.6 is 12.2 Å². The van der Waals surface area contributed by atoms with E-state index in [1.807, 2.05) is 56.3 Å². The molecule has 0 aliphatic carbocycles. The molecule has 3 N–H and O–H groups in total. The summed E-state index contributed by atoms with van der Waals surface area (Å²) in [5.41, 5.74) is 8.50. The first-order valence-corrected chi connectivity index (χ1v) is 15.7. The average molecular weight is 670 g/mol. The van der Waals surface area contributed by atoms with E-state index in [0.29, 0.717) is 33.4 Å². The van der Waals surface area contributed by atoms with Crippen LogP contribution in [0.25, 0.3) is 5.69 Å². The summed E-state index contributed by atoms with van der Waals surface area (Å²) in [5.74, 6) is -0.166. The summed E-state index contributed by atoms with van der Waals surface area (Å²) < 4.78 is 32.5. The Labute approximate surface area is 283 Å². The molecule has 0 saturated carbocycles. The van der Waals surface area contributed by atoms with Crippen molar-refractivity contribution in [2.45, 2.75) is 40.3 Å². The zero-order valence-electron chi connectivity index (χ0n) is 27.0.